The van der Waals surface area contributed by atoms with Crippen molar-refractivity contribution >= 4 is 6.29 Å². The summed E-state index contributed by atoms with van der Waals surface area (Å²) in [4.78, 5) is 11.8. The fourth-order valence-electron chi connectivity index (χ4n) is 0.625. The van der Waals surface area contributed by atoms with Crippen molar-refractivity contribution in [3.8, 4) is 0 Å². The molecule has 0 fully saturated rings. The van der Waals surface area contributed by atoms with Gasteiger partial charge in [0.1, 0.15) is 0 Å². The van der Waals surface area contributed by atoms with Crippen LogP contribution in [-0.4, -0.2) is 31.8 Å². The number of hydrogen-bond donors (Lipinski definition) is 0. The van der Waals surface area contributed by atoms with Crippen LogP contribution in [0.4, 0.5) is 0 Å². The number of hydrogen-bond acceptors (Lipinski definition) is 2. The van der Waals surface area contributed by atoms with Gasteiger partial charge < -0.3 is 4.90 Å². The third kappa shape index (κ3) is 7.63. The molecule has 0 aliphatic heterocycles. The van der Waals surface area contributed by atoms with Crippen LogP contribution in [0.1, 0.15) is 19.3 Å². The maximum absolute atomic E-state index is 9.71. The van der Waals surface area contributed by atoms with Crippen LogP contribution < -0.4 is 0 Å². The Morgan fingerprint density at radius 3 is 2.44 bits per heavy atom. The summed E-state index contributed by atoms with van der Waals surface area (Å²) in [7, 11) is 4.06. The Labute approximate surface area is 56.9 Å². The predicted octanol–water partition coefficient (Wildman–Crippen LogP) is 0.828. The normalized spacial score (nSPS) is 10.1. The predicted molar refractivity (Wildman–Crippen MR) is 38.1 cm³/mol. The molecule has 0 aromatic carbocycles. The monoisotopic (exact) mass is 128 g/mol. The van der Waals surface area contributed by atoms with Crippen molar-refractivity contribution in [2.75, 3.05) is 20.6 Å². The average Bonchev–Trinajstić information content (AvgIpc) is 1.80. The number of nitrogens with zero attached hydrogens (tertiary/aromatic N) is 1. The van der Waals surface area contributed by atoms with Gasteiger partial charge in [-0.25, -0.2) is 0 Å². The van der Waals surface area contributed by atoms with E-state index >= 15 is 0 Å². The molecule has 0 aliphatic rings. The molecule has 0 aromatic rings. The molecule has 2 heteroatoms. The summed E-state index contributed by atoms with van der Waals surface area (Å²) >= 11 is 0. The molecule has 0 saturated carbocycles. The largest absolute Gasteiger partial charge is 0.309 e. The summed E-state index contributed by atoms with van der Waals surface area (Å²) in [6.07, 6.45) is 4.54. The molecule has 0 rings (SSSR count). The third-order valence-corrected chi connectivity index (χ3v) is 1.13. The van der Waals surface area contributed by atoms with Gasteiger partial charge in [-0.3, -0.25) is 4.79 Å². The van der Waals surface area contributed by atoms with E-state index in [0.29, 0.717) is 6.42 Å². The fraction of sp³-hybridized carbons (Fsp3) is 0.857. The Kier molecular flexibility index (Phi) is 5.52. The van der Waals surface area contributed by atoms with Crippen LogP contribution in [0.3, 0.4) is 0 Å². The molecule has 2 nitrogen and oxygen atoms in total. The highest BCUT2D eigenvalue weighted by atomic mass is 16.1. The molecule has 53 valence electrons. The van der Waals surface area contributed by atoms with Gasteiger partial charge in [-0.2, -0.15) is 0 Å². The Hall–Kier alpha value is -0.370. The van der Waals surface area contributed by atoms with Gasteiger partial charge in [-0.05, 0) is 33.5 Å². The lowest BCUT2D eigenvalue weighted by Crippen LogP contribution is -2.12. The third-order valence-electron chi connectivity index (χ3n) is 1.13. The van der Waals surface area contributed by atoms with Gasteiger partial charge in [-0.1, -0.05) is 0 Å². The highest BCUT2D eigenvalue weighted by Crippen LogP contribution is 1.92. The van der Waals surface area contributed by atoms with Gasteiger partial charge in [0.15, 0.2) is 6.29 Å². The molecule has 0 atom stereocenters. The van der Waals surface area contributed by atoms with E-state index in [9.17, 15) is 4.79 Å². The number of rotatable bonds is 5. The van der Waals surface area contributed by atoms with Crippen molar-refractivity contribution in [3.63, 3.8) is 0 Å². The Bertz CT molecular complexity index is 71.3. The molecule has 0 amide bonds. The summed E-state index contributed by atoms with van der Waals surface area (Å²) in [5, 5.41) is 0. The second-order valence-electron chi connectivity index (χ2n) is 2.40. The highest BCUT2D eigenvalue weighted by molar-refractivity contribution is 5.50. The maximum Gasteiger partial charge on any atom is 0.198 e. The van der Waals surface area contributed by atoms with Crippen LogP contribution in [0.5, 0.6) is 0 Å². The van der Waals surface area contributed by atoms with Crippen LogP contribution in [0.15, 0.2) is 0 Å². The van der Waals surface area contributed by atoms with E-state index in [0.717, 1.165) is 19.4 Å². The van der Waals surface area contributed by atoms with E-state index < -0.39 is 0 Å². The smallest absolute Gasteiger partial charge is 0.198 e. The standard InChI is InChI=1S/C7H14NO/c1-8(2)6-4-3-5-7-9/h3-6H2,1-2H3. The highest BCUT2D eigenvalue weighted by Gasteiger charge is 1.89. The zero-order chi connectivity index (χ0) is 7.11. The first-order valence-electron chi connectivity index (χ1n) is 3.27. The fourth-order valence-corrected chi connectivity index (χ4v) is 0.625. The van der Waals surface area contributed by atoms with Crippen LogP contribution >= 0.6 is 0 Å². The summed E-state index contributed by atoms with van der Waals surface area (Å²) in [6, 6.07) is 0. The quantitative estimate of drug-likeness (QED) is 0.511. The lowest BCUT2D eigenvalue weighted by Gasteiger charge is -2.06. The maximum atomic E-state index is 9.71. The van der Waals surface area contributed by atoms with E-state index in [1.54, 1.807) is 0 Å². The summed E-state index contributed by atoms with van der Waals surface area (Å²) in [5.74, 6) is 0. The minimum Gasteiger partial charge on any atom is -0.309 e. The van der Waals surface area contributed by atoms with Crippen molar-refractivity contribution in [1.29, 1.82) is 0 Å². The SMILES string of the molecule is CN(C)CCCC[C]=O. The van der Waals surface area contributed by atoms with Crippen LogP contribution in [-0.2, 0) is 4.79 Å². The Balaban J connectivity index is 2.82. The molecule has 0 aromatic heterocycles. The van der Waals surface area contributed by atoms with Crippen LogP contribution in [0.25, 0.3) is 0 Å². The number of carbonyl (C=O) groups excluding carboxylic acids is 1. The van der Waals surface area contributed by atoms with Crippen molar-refractivity contribution in [2.45, 2.75) is 19.3 Å². The van der Waals surface area contributed by atoms with Gasteiger partial charge in [-0.15, -0.1) is 0 Å². The molecule has 0 saturated heterocycles. The summed E-state index contributed by atoms with van der Waals surface area (Å²) in [6.45, 7) is 1.07. The molecule has 9 heavy (non-hydrogen) atoms. The minimum absolute atomic E-state index is 0.591. The average molecular weight is 128 g/mol. The molecule has 0 N–H and O–H groups in total. The van der Waals surface area contributed by atoms with E-state index in [2.05, 4.69) is 4.90 Å². The van der Waals surface area contributed by atoms with Gasteiger partial charge in [0, 0.05) is 6.42 Å². The minimum atomic E-state index is 0.591. The second kappa shape index (κ2) is 5.76. The molecule has 1 radical (unpaired) electrons. The van der Waals surface area contributed by atoms with E-state index in [-0.39, 0.29) is 0 Å². The van der Waals surface area contributed by atoms with Gasteiger partial charge in [0.25, 0.3) is 0 Å². The zero-order valence-electron chi connectivity index (χ0n) is 6.18. The molecular formula is C7H14NO. The first-order valence-corrected chi connectivity index (χ1v) is 3.27. The van der Waals surface area contributed by atoms with E-state index in [4.69, 9.17) is 0 Å². The summed E-state index contributed by atoms with van der Waals surface area (Å²) in [5.41, 5.74) is 0. The number of unbranched alkanes of at least 4 members (excludes halogenated alkanes) is 2. The van der Waals surface area contributed by atoms with Crippen molar-refractivity contribution in [1.82, 2.24) is 4.90 Å². The molecular weight excluding hydrogens is 114 g/mol. The van der Waals surface area contributed by atoms with E-state index in [1.807, 2.05) is 20.4 Å². The van der Waals surface area contributed by atoms with Gasteiger partial charge >= 0.3 is 0 Å². The molecule has 0 aliphatic carbocycles. The Morgan fingerprint density at radius 2 is 2.00 bits per heavy atom. The van der Waals surface area contributed by atoms with Gasteiger partial charge in [0.2, 0.25) is 0 Å². The summed E-state index contributed by atoms with van der Waals surface area (Å²) < 4.78 is 0. The topological polar surface area (TPSA) is 20.3 Å². The second-order valence-corrected chi connectivity index (χ2v) is 2.40. The molecule has 0 bridgehead atoms. The van der Waals surface area contributed by atoms with Crippen LogP contribution in [0.2, 0.25) is 0 Å². The van der Waals surface area contributed by atoms with Crippen molar-refractivity contribution < 1.29 is 4.79 Å². The molecule has 0 spiro atoms. The lowest BCUT2D eigenvalue weighted by atomic mass is 10.2. The molecule has 0 unspecified atom stereocenters. The van der Waals surface area contributed by atoms with Gasteiger partial charge in [0.05, 0.1) is 0 Å². The zero-order valence-corrected chi connectivity index (χ0v) is 6.18. The van der Waals surface area contributed by atoms with Crippen molar-refractivity contribution in [2.24, 2.45) is 0 Å². The first kappa shape index (κ1) is 8.63. The lowest BCUT2D eigenvalue weighted by molar-refractivity contribution is 0.395. The first-order chi connectivity index (χ1) is 4.27. The van der Waals surface area contributed by atoms with Crippen molar-refractivity contribution in [3.05, 3.63) is 0 Å². The molecule has 0 heterocycles. The van der Waals surface area contributed by atoms with E-state index in [1.165, 1.54) is 0 Å². The Morgan fingerprint density at radius 1 is 1.33 bits per heavy atom. The van der Waals surface area contributed by atoms with Crippen LogP contribution in [0, 0.1) is 0 Å².